The van der Waals surface area contributed by atoms with Gasteiger partial charge in [0.25, 0.3) is 5.91 Å². The summed E-state index contributed by atoms with van der Waals surface area (Å²) < 4.78 is 13.6. The van der Waals surface area contributed by atoms with Crippen LogP contribution in [-0.2, 0) is 0 Å². The molecule has 0 radical (unpaired) electrons. The molecule has 1 N–H and O–H groups in total. The zero-order chi connectivity index (χ0) is 14.7. The van der Waals surface area contributed by atoms with Crippen LogP contribution < -0.4 is 5.32 Å². The third-order valence-electron chi connectivity index (χ3n) is 2.54. The van der Waals surface area contributed by atoms with Crippen LogP contribution in [0.1, 0.15) is 15.9 Å². The molecule has 0 aliphatic heterocycles. The summed E-state index contributed by atoms with van der Waals surface area (Å²) in [5.41, 5.74) is 0.320. The van der Waals surface area contributed by atoms with Gasteiger partial charge in [0.2, 0.25) is 0 Å². The Morgan fingerprint density at radius 1 is 1.30 bits per heavy atom. The molecule has 2 aromatic rings. The highest BCUT2D eigenvalue weighted by molar-refractivity contribution is 7.80. The van der Waals surface area contributed by atoms with Gasteiger partial charge < -0.3 is 5.32 Å². The maximum absolute atomic E-state index is 13.6. The van der Waals surface area contributed by atoms with E-state index in [1.54, 1.807) is 0 Å². The molecule has 100 valence electrons. The number of amides is 1. The van der Waals surface area contributed by atoms with Crippen molar-refractivity contribution in [2.45, 2.75) is 4.90 Å². The minimum Gasteiger partial charge on any atom is -0.321 e. The summed E-state index contributed by atoms with van der Waals surface area (Å²) >= 11 is 9.87. The quantitative estimate of drug-likeness (QED) is 0.827. The van der Waals surface area contributed by atoms with Gasteiger partial charge in [-0.3, -0.25) is 4.79 Å². The van der Waals surface area contributed by atoms with Crippen LogP contribution in [0.2, 0.25) is 5.02 Å². The predicted molar refractivity (Wildman–Crippen MR) is 77.8 cm³/mol. The number of nitrogens with zero attached hydrogens (tertiary/aromatic N) is 1. The molecule has 0 aliphatic rings. The molecule has 0 aliphatic carbocycles. The normalized spacial score (nSPS) is 9.90. The highest BCUT2D eigenvalue weighted by Crippen LogP contribution is 2.22. The van der Waals surface area contributed by atoms with Gasteiger partial charge in [0, 0.05) is 9.92 Å². The summed E-state index contributed by atoms with van der Waals surface area (Å²) in [7, 11) is 0. The molecule has 0 bridgehead atoms. The Kier molecular flexibility index (Phi) is 4.28. The number of halogens is 2. The predicted octanol–water partition coefficient (Wildman–Crippen LogP) is 3.89. The van der Waals surface area contributed by atoms with E-state index < -0.39 is 11.7 Å². The summed E-state index contributed by atoms with van der Waals surface area (Å²) in [6, 6.07) is 10.3. The summed E-state index contributed by atoms with van der Waals surface area (Å²) in [4.78, 5) is 12.5. The van der Waals surface area contributed by atoms with Crippen LogP contribution in [0, 0.1) is 17.1 Å². The fraction of sp³-hybridized carbons (Fsp3) is 0. The fourth-order valence-electron chi connectivity index (χ4n) is 1.59. The number of hydrogen-bond acceptors (Lipinski definition) is 3. The number of rotatable bonds is 2. The van der Waals surface area contributed by atoms with E-state index in [4.69, 9.17) is 16.9 Å². The Labute approximate surface area is 125 Å². The van der Waals surface area contributed by atoms with Crippen molar-refractivity contribution in [1.82, 2.24) is 0 Å². The number of carbonyl (C=O) groups excluding carboxylic acids is 1. The van der Waals surface area contributed by atoms with Gasteiger partial charge in [0.15, 0.2) is 0 Å². The van der Waals surface area contributed by atoms with E-state index in [0.717, 1.165) is 6.07 Å². The first-order valence-electron chi connectivity index (χ1n) is 5.51. The van der Waals surface area contributed by atoms with Gasteiger partial charge in [-0.2, -0.15) is 5.26 Å². The largest absolute Gasteiger partial charge is 0.321 e. The van der Waals surface area contributed by atoms with E-state index in [0.29, 0.717) is 9.92 Å². The Morgan fingerprint density at radius 2 is 2.05 bits per heavy atom. The molecule has 0 spiro atoms. The molecule has 2 aromatic carbocycles. The first kappa shape index (κ1) is 14.4. The molecule has 3 nitrogen and oxygen atoms in total. The lowest BCUT2D eigenvalue weighted by Gasteiger charge is -2.08. The molecule has 0 saturated heterocycles. The van der Waals surface area contributed by atoms with Gasteiger partial charge in [0.05, 0.1) is 16.8 Å². The number of benzene rings is 2. The van der Waals surface area contributed by atoms with Gasteiger partial charge in [-0.1, -0.05) is 11.6 Å². The van der Waals surface area contributed by atoms with Crippen molar-refractivity contribution in [3.63, 3.8) is 0 Å². The van der Waals surface area contributed by atoms with Crippen LogP contribution in [0.4, 0.5) is 10.1 Å². The van der Waals surface area contributed by atoms with Gasteiger partial charge in [-0.05, 0) is 36.4 Å². The monoisotopic (exact) mass is 306 g/mol. The molecule has 0 heterocycles. The molecule has 1 amide bonds. The molecule has 0 unspecified atom stereocenters. The van der Waals surface area contributed by atoms with Crippen LogP contribution in [0.3, 0.4) is 0 Å². The van der Waals surface area contributed by atoms with E-state index in [1.807, 2.05) is 6.07 Å². The minimum absolute atomic E-state index is 0.152. The average molecular weight is 307 g/mol. The van der Waals surface area contributed by atoms with E-state index >= 15 is 0 Å². The molecule has 0 fully saturated rings. The smallest absolute Gasteiger partial charge is 0.258 e. The Morgan fingerprint density at radius 3 is 2.75 bits per heavy atom. The zero-order valence-electron chi connectivity index (χ0n) is 10.0. The Hall–Kier alpha value is -2.03. The van der Waals surface area contributed by atoms with Crippen LogP contribution in [0.5, 0.6) is 0 Å². The summed E-state index contributed by atoms with van der Waals surface area (Å²) in [6.07, 6.45) is 0. The maximum Gasteiger partial charge on any atom is 0.258 e. The van der Waals surface area contributed by atoms with Gasteiger partial charge in [-0.15, -0.1) is 12.6 Å². The van der Waals surface area contributed by atoms with Crippen LogP contribution >= 0.6 is 24.2 Å². The van der Waals surface area contributed by atoms with E-state index in [2.05, 4.69) is 17.9 Å². The lowest BCUT2D eigenvalue weighted by atomic mass is 10.1. The maximum atomic E-state index is 13.6. The van der Waals surface area contributed by atoms with Crippen LogP contribution in [-0.4, -0.2) is 5.91 Å². The Bertz CT molecular complexity index is 728. The Balaban J connectivity index is 2.35. The van der Waals surface area contributed by atoms with E-state index in [1.165, 1.54) is 30.3 Å². The number of carbonyl (C=O) groups is 1. The topological polar surface area (TPSA) is 52.9 Å². The molecule has 0 aromatic heterocycles. The number of thiol groups is 1. The summed E-state index contributed by atoms with van der Waals surface area (Å²) in [5, 5.41) is 11.8. The first-order chi connectivity index (χ1) is 9.51. The third kappa shape index (κ3) is 3.10. The van der Waals surface area contributed by atoms with Crippen molar-refractivity contribution < 1.29 is 9.18 Å². The molecule has 0 atom stereocenters. The molecular weight excluding hydrogens is 299 g/mol. The summed E-state index contributed by atoms with van der Waals surface area (Å²) in [6.45, 7) is 0. The van der Waals surface area contributed by atoms with Crippen molar-refractivity contribution in [2.24, 2.45) is 0 Å². The van der Waals surface area contributed by atoms with Gasteiger partial charge >= 0.3 is 0 Å². The number of anilines is 1. The zero-order valence-corrected chi connectivity index (χ0v) is 11.7. The van der Waals surface area contributed by atoms with Crippen molar-refractivity contribution in [2.75, 3.05) is 5.32 Å². The molecular formula is C14H8ClFN2OS. The second-order valence-corrected chi connectivity index (χ2v) is 4.87. The lowest BCUT2D eigenvalue weighted by molar-refractivity contribution is 0.102. The number of nitriles is 1. The standard InChI is InChI=1S/C14H8ClFN2OS/c15-9-2-1-8(7-17)13(5-9)18-14(19)11-6-10(20)3-4-12(11)16/h1-6,20H,(H,18,19). The van der Waals surface area contributed by atoms with E-state index in [9.17, 15) is 9.18 Å². The lowest BCUT2D eigenvalue weighted by Crippen LogP contribution is -2.14. The number of nitrogens with one attached hydrogen (secondary N) is 1. The molecule has 6 heteroatoms. The SMILES string of the molecule is N#Cc1ccc(Cl)cc1NC(=O)c1cc(S)ccc1F. The summed E-state index contributed by atoms with van der Waals surface area (Å²) in [5.74, 6) is -1.34. The van der Waals surface area contributed by atoms with Crippen molar-refractivity contribution in [3.8, 4) is 6.07 Å². The first-order valence-corrected chi connectivity index (χ1v) is 6.33. The highest BCUT2D eigenvalue weighted by Gasteiger charge is 2.14. The third-order valence-corrected chi connectivity index (χ3v) is 3.06. The number of hydrogen-bond donors (Lipinski definition) is 2. The second kappa shape index (κ2) is 5.95. The van der Waals surface area contributed by atoms with Gasteiger partial charge in [-0.25, -0.2) is 4.39 Å². The average Bonchev–Trinajstić information content (AvgIpc) is 2.41. The van der Waals surface area contributed by atoms with E-state index in [-0.39, 0.29) is 16.8 Å². The second-order valence-electron chi connectivity index (χ2n) is 3.92. The molecule has 0 saturated carbocycles. The molecule has 20 heavy (non-hydrogen) atoms. The van der Waals surface area contributed by atoms with Crippen molar-refractivity contribution in [3.05, 3.63) is 58.4 Å². The van der Waals surface area contributed by atoms with Crippen LogP contribution in [0.15, 0.2) is 41.3 Å². The van der Waals surface area contributed by atoms with Crippen molar-refractivity contribution >= 4 is 35.8 Å². The fourth-order valence-corrected chi connectivity index (χ4v) is 1.97. The highest BCUT2D eigenvalue weighted by atomic mass is 35.5. The minimum atomic E-state index is -0.669. The van der Waals surface area contributed by atoms with Gasteiger partial charge in [0.1, 0.15) is 11.9 Å². The van der Waals surface area contributed by atoms with Crippen molar-refractivity contribution in [1.29, 1.82) is 5.26 Å². The molecule has 2 rings (SSSR count). The van der Waals surface area contributed by atoms with Crippen LogP contribution in [0.25, 0.3) is 0 Å².